The third-order valence-corrected chi connectivity index (χ3v) is 2.73. The lowest BCUT2D eigenvalue weighted by atomic mass is 10.4. The second-order valence-electron chi connectivity index (χ2n) is 1.52. The minimum absolute atomic E-state index is 0.595. The molecule has 0 aromatic carbocycles. The van der Waals surface area contributed by atoms with E-state index < -0.39 is 0 Å². The van der Waals surface area contributed by atoms with Crippen molar-refractivity contribution in [3.63, 3.8) is 0 Å². The number of hydrogen-bond donors (Lipinski definition) is 0. The predicted octanol–water partition coefficient (Wildman–Crippen LogP) is 1.62. The van der Waals surface area contributed by atoms with Gasteiger partial charge in [-0.15, -0.1) is 0 Å². The highest BCUT2D eigenvalue weighted by atomic mass is 127. The number of rotatable bonds is 2. The number of alkyl halides is 2. The number of epoxide rings is 1. The van der Waals surface area contributed by atoms with E-state index in [4.69, 9.17) is 4.74 Å². The van der Waals surface area contributed by atoms with Gasteiger partial charge < -0.3 is 4.74 Å². The van der Waals surface area contributed by atoms with E-state index in [-0.39, 0.29) is 0 Å². The zero-order valence-electron chi connectivity index (χ0n) is 3.73. The van der Waals surface area contributed by atoms with Gasteiger partial charge in [0, 0.05) is 8.86 Å². The smallest absolute Gasteiger partial charge is 0.0938 e. The van der Waals surface area contributed by atoms with Crippen LogP contribution in [-0.4, -0.2) is 21.1 Å². The fraction of sp³-hybridized carbons (Fsp3) is 1.00. The van der Waals surface area contributed by atoms with Crippen molar-refractivity contribution in [2.24, 2.45) is 0 Å². The molecule has 1 aliphatic heterocycles. The van der Waals surface area contributed by atoms with E-state index in [1.54, 1.807) is 0 Å². The molecule has 42 valence electrons. The van der Waals surface area contributed by atoms with Gasteiger partial charge in [0.05, 0.1) is 12.2 Å². The molecule has 0 amide bonds. The van der Waals surface area contributed by atoms with E-state index in [0.717, 1.165) is 8.86 Å². The molecule has 7 heavy (non-hydrogen) atoms. The first kappa shape index (κ1) is 6.54. The van der Waals surface area contributed by atoms with Crippen LogP contribution in [0.25, 0.3) is 0 Å². The molecule has 1 fully saturated rings. The first-order chi connectivity index (χ1) is 3.38. The molecule has 1 rings (SSSR count). The number of hydrogen-bond acceptors (Lipinski definition) is 1. The van der Waals surface area contributed by atoms with E-state index in [0.29, 0.717) is 12.2 Å². The van der Waals surface area contributed by atoms with E-state index in [1.807, 2.05) is 0 Å². The van der Waals surface area contributed by atoms with Gasteiger partial charge in [0.1, 0.15) is 0 Å². The Labute approximate surface area is 70.5 Å². The van der Waals surface area contributed by atoms with Crippen LogP contribution in [0.5, 0.6) is 0 Å². The Morgan fingerprint density at radius 3 is 1.71 bits per heavy atom. The van der Waals surface area contributed by atoms with Crippen LogP contribution in [-0.2, 0) is 4.74 Å². The molecule has 1 saturated heterocycles. The lowest BCUT2D eigenvalue weighted by molar-refractivity contribution is 0.395. The van der Waals surface area contributed by atoms with Crippen LogP contribution in [0.15, 0.2) is 0 Å². The first-order valence-corrected chi connectivity index (χ1v) is 5.21. The van der Waals surface area contributed by atoms with Crippen LogP contribution < -0.4 is 0 Å². The maximum atomic E-state index is 5.20. The second-order valence-corrected chi connectivity index (χ2v) is 3.28. The molecular weight excluding hydrogens is 318 g/mol. The molecule has 2 unspecified atom stereocenters. The maximum Gasteiger partial charge on any atom is 0.0938 e. The molecule has 3 heteroatoms. The molecule has 1 heterocycles. The van der Waals surface area contributed by atoms with Crippen molar-refractivity contribution in [3.8, 4) is 0 Å². The number of halogens is 2. The molecule has 1 aliphatic rings. The molecule has 0 aromatic heterocycles. The van der Waals surface area contributed by atoms with Gasteiger partial charge in [-0.1, -0.05) is 45.2 Å². The first-order valence-electron chi connectivity index (χ1n) is 2.16. The molecule has 0 N–H and O–H groups in total. The SMILES string of the molecule is ICC1OC1CI. The summed E-state index contributed by atoms with van der Waals surface area (Å²) in [5.41, 5.74) is 0. The fourth-order valence-electron chi connectivity index (χ4n) is 0.451. The monoisotopic (exact) mass is 324 g/mol. The molecule has 2 atom stereocenters. The van der Waals surface area contributed by atoms with Crippen molar-refractivity contribution in [1.82, 2.24) is 0 Å². The minimum Gasteiger partial charge on any atom is -0.368 e. The quantitative estimate of drug-likeness (QED) is 0.427. The van der Waals surface area contributed by atoms with Gasteiger partial charge in [0.25, 0.3) is 0 Å². The largest absolute Gasteiger partial charge is 0.368 e. The highest BCUT2D eigenvalue weighted by molar-refractivity contribution is 14.1. The van der Waals surface area contributed by atoms with E-state index in [2.05, 4.69) is 45.2 Å². The molecule has 0 bridgehead atoms. The summed E-state index contributed by atoms with van der Waals surface area (Å²) in [6.07, 6.45) is 1.19. The summed E-state index contributed by atoms with van der Waals surface area (Å²) in [6, 6.07) is 0. The summed E-state index contributed by atoms with van der Waals surface area (Å²) in [4.78, 5) is 0. The Morgan fingerprint density at radius 1 is 1.14 bits per heavy atom. The van der Waals surface area contributed by atoms with Crippen LogP contribution in [0, 0.1) is 0 Å². The zero-order chi connectivity index (χ0) is 5.28. The molecule has 0 aromatic rings. The van der Waals surface area contributed by atoms with Gasteiger partial charge in [0.15, 0.2) is 0 Å². The van der Waals surface area contributed by atoms with Gasteiger partial charge in [0.2, 0.25) is 0 Å². The Bertz CT molecular complexity index is 58.7. The Kier molecular flexibility index (Phi) is 2.63. The van der Waals surface area contributed by atoms with Crippen molar-refractivity contribution in [2.45, 2.75) is 12.2 Å². The lowest BCUT2D eigenvalue weighted by Crippen LogP contribution is -1.93. The molecule has 1 nitrogen and oxygen atoms in total. The average Bonchev–Trinajstić information content (AvgIpc) is 2.43. The zero-order valence-corrected chi connectivity index (χ0v) is 8.05. The third kappa shape index (κ3) is 1.67. The molecular formula is C4H6I2O. The van der Waals surface area contributed by atoms with Gasteiger partial charge >= 0.3 is 0 Å². The van der Waals surface area contributed by atoms with Gasteiger partial charge in [-0.3, -0.25) is 0 Å². The fourth-order valence-corrected chi connectivity index (χ4v) is 2.00. The van der Waals surface area contributed by atoms with Gasteiger partial charge in [-0.2, -0.15) is 0 Å². The minimum atomic E-state index is 0.595. The normalized spacial score (nSPS) is 38.6. The lowest BCUT2D eigenvalue weighted by Gasteiger charge is -1.75. The van der Waals surface area contributed by atoms with Crippen LogP contribution in [0.1, 0.15) is 0 Å². The van der Waals surface area contributed by atoms with Crippen molar-refractivity contribution < 1.29 is 4.74 Å². The summed E-state index contributed by atoms with van der Waals surface area (Å²) in [7, 11) is 0. The number of ether oxygens (including phenoxy) is 1. The highest BCUT2D eigenvalue weighted by Crippen LogP contribution is 2.25. The molecule has 0 radical (unpaired) electrons. The van der Waals surface area contributed by atoms with Gasteiger partial charge in [-0.05, 0) is 0 Å². The van der Waals surface area contributed by atoms with E-state index in [9.17, 15) is 0 Å². The maximum absolute atomic E-state index is 5.20. The average molecular weight is 324 g/mol. The molecule has 0 saturated carbocycles. The van der Waals surface area contributed by atoms with Crippen molar-refractivity contribution in [2.75, 3.05) is 8.86 Å². The van der Waals surface area contributed by atoms with E-state index in [1.165, 1.54) is 0 Å². The highest BCUT2D eigenvalue weighted by Gasteiger charge is 2.35. The van der Waals surface area contributed by atoms with Crippen molar-refractivity contribution in [1.29, 1.82) is 0 Å². The van der Waals surface area contributed by atoms with Crippen LogP contribution in [0.2, 0.25) is 0 Å². The summed E-state index contributed by atoms with van der Waals surface area (Å²) in [6.45, 7) is 0. The molecule has 0 aliphatic carbocycles. The second kappa shape index (κ2) is 2.82. The van der Waals surface area contributed by atoms with Crippen molar-refractivity contribution >= 4 is 45.2 Å². The summed E-state index contributed by atoms with van der Waals surface area (Å²) >= 11 is 4.70. The standard InChI is InChI=1S/C4H6I2O/c5-1-3-4(2-6)7-3/h3-4H,1-2H2. The van der Waals surface area contributed by atoms with Crippen LogP contribution in [0.4, 0.5) is 0 Å². The Morgan fingerprint density at radius 2 is 1.57 bits per heavy atom. The Balaban J connectivity index is 2.06. The third-order valence-electron chi connectivity index (χ3n) is 0.992. The van der Waals surface area contributed by atoms with Gasteiger partial charge in [-0.25, -0.2) is 0 Å². The topological polar surface area (TPSA) is 12.5 Å². The Hall–Kier alpha value is 1.42. The van der Waals surface area contributed by atoms with Crippen molar-refractivity contribution in [3.05, 3.63) is 0 Å². The van der Waals surface area contributed by atoms with Crippen LogP contribution >= 0.6 is 45.2 Å². The summed E-state index contributed by atoms with van der Waals surface area (Å²) < 4.78 is 7.52. The molecule has 0 spiro atoms. The van der Waals surface area contributed by atoms with E-state index >= 15 is 0 Å². The summed E-state index contributed by atoms with van der Waals surface area (Å²) in [5.74, 6) is 0. The summed E-state index contributed by atoms with van der Waals surface area (Å²) in [5, 5.41) is 0. The predicted molar refractivity (Wildman–Crippen MR) is 46.4 cm³/mol. The van der Waals surface area contributed by atoms with Crippen LogP contribution in [0.3, 0.4) is 0 Å².